The van der Waals surface area contributed by atoms with Gasteiger partial charge in [-0.1, -0.05) is 159 Å². The number of fused-ring (bicyclic) bond motifs is 4. The summed E-state index contributed by atoms with van der Waals surface area (Å²) in [5, 5.41) is 1.80. The molecule has 0 fully saturated rings. The van der Waals surface area contributed by atoms with E-state index in [0.717, 1.165) is 16.3 Å². The summed E-state index contributed by atoms with van der Waals surface area (Å²) >= 11 is 0. The first-order valence-corrected chi connectivity index (χ1v) is 18.5. The van der Waals surface area contributed by atoms with Gasteiger partial charge in [0, 0.05) is 41.3 Å². The van der Waals surface area contributed by atoms with E-state index in [1.807, 2.05) is 61.7 Å². The Morgan fingerprint density at radius 3 is 2.12 bits per heavy atom. The van der Waals surface area contributed by atoms with Crippen molar-refractivity contribution in [3.05, 3.63) is 194 Å². The molecule has 0 aliphatic carbocycles. The molecule has 7 heteroatoms. The maximum absolute atomic E-state index is 8.98. The number of benzene rings is 6. The van der Waals surface area contributed by atoms with Gasteiger partial charge in [0.1, 0.15) is 11.7 Å². The Labute approximate surface area is 375 Å². The van der Waals surface area contributed by atoms with Gasteiger partial charge in [0.15, 0.2) is 0 Å². The summed E-state index contributed by atoms with van der Waals surface area (Å²) in [6.07, 6.45) is 4.81. The molecule has 0 radical (unpaired) electrons. The van der Waals surface area contributed by atoms with E-state index in [1.165, 1.54) is 6.20 Å². The number of para-hydroxylation sites is 4. The van der Waals surface area contributed by atoms with Crippen LogP contribution in [0.4, 0.5) is 0 Å². The molecule has 4 aromatic heterocycles. The van der Waals surface area contributed by atoms with Gasteiger partial charge in [-0.15, -0.1) is 17.5 Å². The molecule has 10 rings (SSSR count). The van der Waals surface area contributed by atoms with Gasteiger partial charge in [0.2, 0.25) is 0 Å². The van der Waals surface area contributed by atoms with Crippen molar-refractivity contribution >= 4 is 32.8 Å². The van der Waals surface area contributed by atoms with E-state index < -0.39 is 72.2 Å². The van der Waals surface area contributed by atoms with Crippen LogP contribution in [-0.4, -0.2) is 19.1 Å². The van der Waals surface area contributed by atoms with E-state index in [-0.39, 0.29) is 54.9 Å². The summed E-state index contributed by atoms with van der Waals surface area (Å²) in [6, 6.07) is 29.7. The van der Waals surface area contributed by atoms with E-state index >= 15 is 0 Å². The number of ether oxygens (including phenoxy) is 1. The van der Waals surface area contributed by atoms with Crippen molar-refractivity contribution in [1.82, 2.24) is 19.1 Å². The molecule has 0 unspecified atom stereocenters. The molecule has 6 nitrogen and oxygen atoms in total. The molecule has 4 heterocycles. The Hall–Kier alpha value is -6.62. The van der Waals surface area contributed by atoms with Crippen LogP contribution in [0.15, 0.2) is 170 Å². The molecule has 0 amide bonds. The second kappa shape index (κ2) is 15.6. The topological polar surface area (TPSA) is 48.8 Å². The van der Waals surface area contributed by atoms with E-state index in [2.05, 4.69) is 23.4 Å². The monoisotopic (exact) mass is 956 g/mol. The van der Waals surface area contributed by atoms with Gasteiger partial charge in [0.25, 0.3) is 6.33 Å². The summed E-state index contributed by atoms with van der Waals surface area (Å²) < 4.78 is 116. The van der Waals surface area contributed by atoms with Crippen LogP contribution in [0.3, 0.4) is 0 Å². The average molecular weight is 957 g/mol. The largest absolute Gasteiger partial charge is 0.484 e. The number of aromatic nitrogens is 5. The van der Waals surface area contributed by atoms with Gasteiger partial charge in [-0.2, -0.15) is 18.2 Å². The third-order valence-electron chi connectivity index (χ3n) is 9.52. The zero-order valence-electron chi connectivity index (χ0n) is 43.9. The maximum atomic E-state index is 8.98. The van der Waals surface area contributed by atoms with Crippen LogP contribution in [0.5, 0.6) is 11.6 Å². The molecule has 0 bridgehead atoms. The van der Waals surface area contributed by atoms with Gasteiger partial charge >= 0.3 is 0 Å². The fourth-order valence-electron chi connectivity index (χ4n) is 7.23. The second-order valence-corrected chi connectivity index (χ2v) is 14.5. The molecule has 0 N–H and O–H groups in total. The van der Waals surface area contributed by atoms with Crippen molar-refractivity contribution in [2.75, 3.05) is 0 Å². The van der Waals surface area contributed by atoms with Crippen molar-refractivity contribution in [3.8, 4) is 51.1 Å². The molecule has 59 heavy (non-hydrogen) atoms. The zero-order chi connectivity index (χ0) is 49.7. The van der Waals surface area contributed by atoms with E-state index in [1.54, 1.807) is 76.0 Å². The molecule has 0 saturated heterocycles. The molecule has 0 aliphatic heterocycles. The van der Waals surface area contributed by atoms with E-state index in [0.29, 0.717) is 39.4 Å². The summed E-state index contributed by atoms with van der Waals surface area (Å²) in [6.45, 7) is 5.57. The predicted octanol–water partition coefficient (Wildman–Crippen LogP) is 11.9. The second-order valence-electron chi connectivity index (χ2n) is 14.5. The first-order chi connectivity index (χ1) is 33.3. The first-order valence-electron chi connectivity index (χ1n) is 24.5. The van der Waals surface area contributed by atoms with Crippen LogP contribution < -0.4 is 9.30 Å². The smallest absolute Gasteiger partial charge is 0.267 e. The standard InChI is InChI=1S/C52H39N5O.Pt/c1-52(2,3)34-36-27-29-53-49(31-36)57-45-22-11-10-19-43(45)44-26-25-40(33-48(44)57)58-50-32-39(28-30-54-50)55-35-56(47-24-13-12-23-46(47)55)51-41(37-15-6-4-7-16-37)20-14-21-42(51)38-17-8-5-9-18-38;/h4-31H,34H2,1-3H3;/q-2;/i4D,5D,6D,7D,8D,9D,15D,16D,17D,18D,34D2;. The maximum Gasteiger partial charge on any atom is 0.267 e. The number of imidazole rings is 1. The Balaban J connectivity index is 0.00000624. The number of nitrogens with zero attached hydrogens (tertiary/aromatic N) is 5. The molecular formula is C52H39N5OPt-2. The van der Waals surface area contributed by atoms with Crippen molar-refractivity contribution in [3.63, 3.8) is 0 Å². The normalized spacial score (nSPS) is 14.7. The van der Waals surface area contributed by atoms with Crippen LogP contribution in [0.2, 0.25) is 0 Å². The van der Waals surface area contributed by atoms with Crippen molar-refractivity contribution < 1.29 is 46.8 Å². The number of hydrogen-bond acceptors (Lipinski definition) is 3. The molecule has 0 atom stereocenters. The van der Waals surface area contributed by atoms with Crippen LogP contribution >= 0.6 is 0 Å². The number of pyridine rings is 2. The fourth-order valence-corrected chi connectivity index (χ4v) is 7.23. The quantitative estimate of drug-likeness (QED) is 0.113. The Bertz CT molecular complexity index is 3670. The summed E-state index contributed by atoms with van der Waals surface area (Å²) in [5.74, 6) is 0.861. The van der Waals surface area contributed by atoms with Crippen molar-refractivity contribution in [2.45, 2.75) is 27.1 Å². The molecule has 6 aromatic carbocycles. The minimum atomic E-state index is -1.67. The molecular weight excluding hydrogens is 906 g/mol. The predicted molar refractivity (Wildman–Crippen MR) is 232 cm³/mol. The summed E-state index contributed by atoms with van der Waals surface area (Å²) in [4.78, 5) is 9.18. The molecule has 0 aliphatic rings. The van der Waals surface area contributed by atoms with Crippen molar-refractivity contribution in [1.29, 1.82) is 0 Å². The fraction of sp³-hybridized carbons (Fsp3) is 0.0962. The van der Waals surface area contributed by atoms with Crippen LogP contribution in [0.25, 0.3) is 72.3 Å². The first kappa shape index (κ1) is 26.4. The summed E-state index contributed by atoms with van der Waals surface area (Å²) in [7, 11) is 0. The number of rotatable bonds is 8. The van der Waals surface area contributed by atoms with Gasteiger partial charge in [0.05, 0.1) is 30.4 Å². The SMILES string of the molecule is [2H]c1c([2H])c([2H])c(-c2cccc(-c3c([2H])c([2H])c([2H])c([2H])c3[2H])c2-[n+]2[c-]n(-c3[c-]c(Oc4[c-]c5c(cc4)c4ccccc4n5-c4cc(C([2H])([2H])C(C)(C)C)ccn4)ncc3)c3ccccc32)c([2H])c1[2H].[Pt]. The van der Waals surface area contributed by atoms with Gasteiger partial charge in [-0.25, -0.2) is 4.98 Å². The number of hydrogen-bond donors (Lipinski definition) is 0. The molecule has 0 spiro atoms. The van der Waals surface area contributed by atoms with Gasteiger partial charge in [-0.05, 0) is 63.2 Å². The summed E-state index contributed by atoms with van der Waals surface area (Å²) in [5.41, 5.74) is 2.74. The Kier molecular flexibility index (Phi) is 6.99. The minimum Gasteiger partial charge on any atom is -0.484 e. The minimum absolute atomic E-state index is 0. The molecule has 0 saturated carbocycles. The van der Waals surface area contributed by atoms with Gasteiger partial charge in [-0.3, -0.25) is 9.55 Å². The third-order valence-corrected chi connectivity index (χ3v) is 9.52. The Morgan fingerprint density at radius 1 is 0.712 bits per heavy atom. The molecule has 10 aromatic rings. The van der Waals surface area contributed by atoms with Crippen LogP contribution in [0, 0.1) is 23.9 Å². The molecule has 290 valence electrons. The zero-order valence-corrected chi connectivity index (χ0v) is 34.1. The average Bonchev–Trinajstić information content (AvgIpc) is 3.90. The van der Waals surface area contributed by atoms with E-state index in [9.17, 15) is 0 Å². The van der Waals surface area contributed by atoms with Crippen molar-refractivity contribution in [2.24, 2.45) is 5.41 Å². The Morgan fingerprint density at radius 2 is 1.39 bits per heavy atom. The van der Waals surface area contributed by atoms with E-state index in [4.69, 9.17) is 26.2 Å². The van der Waals surface area contributed by atoms with Crippen LogP contribution in [0.1, 0.15) is 42.8 Å². The van der Waals surface area contributed by atoms with Gasteiger partial charge < -0.3 is 13.9 Å². The third kappa shape index (κ3) is 7.26. The van der Waals surface area contributed by atoms with Crippen LogP contribution in [-0.2, 0) is 27.4 Å².